The molecule has 3 aromatic rings. The highest BCUT2D eigenvalue weighted by Gasteiger charge is 2.36. The molecule has 5 nitrogen and oxygen atoms in total. The van der Waals surface area contributed by atoms with Crippen LogP contribution in [0.2, 0.25) is 0 Å². The van der Waals surface area contributed by atoms with Crippen LogP contribution in [0.3, 0.4) is 0 Å². The van der Waals surface area contributed by atoms with E-state index in [4.69, 9.17) is 0 Å². The van der Waals surface area contributed by atoms with Gasteiger partial charge in [-0.15, -0.1) is 10.2 Å². The third kappa shape index (κ3) is 4.75. The van der Waals surface area contributed by atoms with Crippen molar-refractivity contribution in [3.8, 4) is 0 Å². The number of aromatic nitrogens is 2. The molecule has 1 aliphatic heterocycles. The molecule has 4 rings (SSSR count). The summed E-state index contributed by atoms with van der Waals surface area (Å²) in [5.74, 6) is 0.0734. The van der Waals surface area contributed by atoms with E-state index in [1.807, 2.05) is 4.90 Å². The normalized spacial score (nSPS) is 16.1. The standard InChI is InChI=1S/C23H23F6N5/c1-13-16(4-3-5-19(13)22(24,25)26)14(2)31-21-18-12-15(34-10-8-30-9-11-34)6-7-17(18)20(32-33-21)23(27,28)29/h3-7,12,14,30H,8-11H2,1-2H3,(H,31,33)/t14-/m1/s1. The van der Waals surface area contributed by atoms with Crippen LogP contribution < -0.4 is 15.5 Å². The van der Waals surface area contributed by atoms with E-state index in [1.165, 1.54) is 19.1 Å². The number of hydrogen-bond acceptors (Lipinski definition) is 5. The number of hydrogen-bond donors (Lipinski definition) is 2. The number of nitrogens with zero attached hydrogens (tertiary/aromatic N) is 3. The van der Waals surface area contributed by atoms with E-state index in [9.17, 15) is 26.3 Å². The molecule has 0 radical (unpaired) electrons. The van der Waals surface area contributed by atoms with Gasteiger partial charge in [0.25, 0.3) is 0 Å². The van der Waals surface area contributed by atoms with Crippen molar-refractivity contribution in [1.29, 1.82) is 0 Å². The first-order chi connectivity index (χ1) is 16.0. The van der Waals surface area contributed by atoms with E-state index in [2.05, 4.69) is 20.8 Å². The Kier molecular flexibility index (Phi) is 6.32. The Hall–Kier alpha value is -3.08. The zero-order chi connectivity index (χ0) is 24.7. The summed E-state index contributed by atoms with van der Waals surface area (Å²) in [6, 6.07) is 7.80. The number of benzene rings is 2. The summed E-state index contributed by atoms with van der Waals surface area (Å²) >= 11 is 0. The molecule has 34 heavy (non-hydrogen) atoms. The molecule has 1 atom stereocenters. The van der Waals surface area contributed by atoms with Gasteiger partial charge in [0.1, 0.15) is 0 Å². The van der Waals surface area contributed by atoms with Crippen LogP contribution in [0.25, 0.3) is 10.8 Å². The summed E-state index contributed by atoms with van der Waals surface area (Å²) in [4.78, 5) is 2.05. The lowest BCUT2D eigenvalue weighted by Crippen LogP contribution is -2.43. The summed E-state index contributed by atoms with van der Waals surface area (Å²) in [7, 11) is 0. The number of halogens is 6. The number of nitrogens with one attached hydrogen (secondary N) is 2. The van der Waals surface area contributed by atoms with Crippen LogP contribution >= 0.6 is 0 Å². The highest BCUT2D eigenvalue weighted by Crippen LogP contribution is 2.38. The second-order valence-corrected chi connectivity index (χ2v) is 8.25. The maximum Gasteiger partial charge on any atom is 0.435 e. The molecule has 0 bridgehead atoms. The van der Waals surface area contributed by atoms with Gasteiger partial charge < -0.3 is 15.5 Å². The molecule has 2 heterocycles. The number of alkyl halides is 6. The van der Waals surface area contributed by atoms with Gasteiger partial charge in [0.15, 0.2) is 11.5 Å². The molecule has 0 aliphatic carbocycles. The molecule has 0 unspecified atom stereocenters. The molecule has 0 amide bonds. The van der Waals surface area contributed by atoms with Crippen LogP contribution in [-0.4, -0.2) is 36.4 Å². The van der Waals surface area contributed by atoms with Crippen LogP contribution in [0.4, 0.5) is 37.8 Å². The third-order valence-electron chi connectivity index (χ3n) is 6.01. The van der Waals surface area contributed by atoms with Gasteiger partial charge in [-0.2, -0.15) is 26.3 Å². The molecule has 0 spiro atoms. The van der Waals surface area contributed by atoms with E-state index in [0.29, 0.717) is 18.7 Å². The molecule has 0 saturated carbocycles. The molecular weight excluding hydrogens is 460 g/mol. The molecule has 182 valence electrons. The summed E-state index contributed by atoms with van der Waals surface area (Å²) < 4.78 is 80.8. The van der Waals surface area contributed by atoms with Crippen LogP contribution in [0.5, 0.6) is 0 Å². The predicted octanol–water partition coefficient (Wildman–Crippen LogP) is 5.56. The summed E-state index contributed by atoms with van der Waals surface area (Å²) in [5, 5.41) is 13.5. The average Bonchev–Trinajstić information content (AvgIpc) is 2.78. The van der Waals surface area contributed by atoms with Crippen LogP contribution in [0.15, 0.2) is 36.4 Å². The fourth-order valence-electron chi connectivity index (χ4n) is 4.29. The fraction of sp³-hybridized carbons (Fsp3) is 0.391. The van der Waals surface area contributed by atoms with E-state index >= 15 is 0 Å². The number of rotatable bonds is 4. The Balaban J connectivity index is 1.77. The smallest absolute Gasteiger partial charge is 0.369 e. The largest absolute Gasteiger partial charge is 0.435 e. The van der Waals surface area contributed by atoms with Crippen molar-refractivity contribution in [2.45, 2.75) is 32.2 Å². The Bertz CT molecular complexity index is 1180. The summed E-state index contributed by atoms with van der Waals surface area (Å²) in [5.41, 5.74) is -0.726. The van der Waals surface area contributed by atoms with Crippen molar-refractivity contribution in [3.05, 3.63) is 58.8 Å². The third-order valence-corrected chi connectivity index (χ3v) is 6.01. The summed E-state index contributed by atoms with van der Waals surface area (Å²) in [6.07, 6.45) is -9.22. The van der Waals surface area contributed by atoms with Crippen molar-refractivity contribution in [2.24, 2.45) is 0 Å². The molecule has 2 aromatic carbocycles. The van der Waals surface area contributed by atoms with Crippen LogP contribution in [-0.2, 0) is 12.4 Å². The monoisotopic (exact) mass is 483 g/mol. The first-order valence-corrected chi connectivity index (χ1v) is 10.7. The van der Waals surface area contributed by atoms with Crippen molar-refractivity contribution >= 4 is 22.3 Å². The van der Waals surface area contributed by atoms with Gasteiger partial charge in [0, 0.05) is 42.6 Å². The van der Waals surface area contributed by atoms with Crippen molar-refractivity contribution in [2.75, 3.05) is 36.4 Å². The Morgan fingerprint density at radius 1 is 0.941 bits per heavy atom. The zero-order valence-corrected chi connectivity index (χ0v) is 18.5. The highest BCUT2D eigenvalue weighted by molar-refractivity contribution is 5.96. The molecule has 1 aliphatic rings. The lowest BCUT2D eigenvalue weighted by molar-refractivity contribution is -0.140. The lowest BCUT2D eigenvalue weighted by Gasteiger charge is -2.30. The van der Waals surface area contributed by atoms with Crippen molar-refractivity contribution < 1.29 is 26.3 Å². The number of piperazine rings is 1. The lowest BCUT2D eigenvalue weighted by atomic mass is 9.97. The second kappa shape index (κ2) is 8.94. The van der Waals surface area contributed by atoms with Gasteiger partial charge in [-0.3, -0.25) is 0 Å². The summed E-state index contributed by atoms with van der Waals surface area (Å²) in [6.45, 7) is 5.88. The zero-order valence-electron chi connectivity index (χ0n) is 18.5. The minimum absolute atomic E-state index is 0.0423. The average molecular weight is 483 g/mol. The Morgan fingerprint density at radius 3 is 2.29 bits per heavy atom. The van der Waals surface area contributed by atoms with Crippen LogP contribution in [0, 0.1) is 6.92 Å². The van der Waals surface area contributed by atoms with Gasteiger partial charge >= 0.3 is 12.4 Å². The first-order valence-electron chi connectivity index (χ1n) is 10.7. The van der Waals surface area contributed by atoms with E-state index in [1.54, 1.807) is 25.1 Å². The quantitative estimate of drug-likeness (QED) is 0.476. The van der Waals surface area contributed by atoms with E-state index in [-0.39, 0.29) is 22.2 Å². The number of anilines is 2. The molecule has 11 heteroatoms. The number of fused-ring (bicyclic) bond motifs is 1. The highest BCUT2D eigenvalue weighted by atomic mass is 19.4. The molecule has 1 aromatic heterocycles. The second-order valence-electron chi connectivity index (χ2n) is 8.25. The van der Waals surface area contributed by atoms with Crippen LogP contribution in [0.1, 0.15) is 35.3 Å². The molecule has 1 fully saturated rings. The van der Waals surface area contributed by atoms with Crippen molar-refractivity contribution in [3.63, 3.8) is 0 Å². The van der Waals surface area contributed by atoms with E-state index < -0.39 is 29.7 Å². The van der Waals surface area contributed by atoms with Gasteiger partial charge in [-0.25, -0.2) is 0 Å². The van der Waals surface area contributed by atoms with Gasteiger partial charge in [0.05, 0.1) is 11.6 Å². The SMILES string of the molecule is Cc1c([C@@H](C)Nc2nnc(C(F)(F)F)c3ccc(N4CCNCC4)cc23)cccc1C(F)(F)F. The van der Waals surface area contributed by atoms with Gasteiger partial charge in [-0.1, -0.05) is 12.1 Å². The van der Waals surface area contributed by atoms with Crippen molar-refractivity contribution in [1.82, 2.24) is 15.5 Å². The molecule has 2 N–H and O–H groups in total. The Morgan fingerprint density at radius 2 is 1.65 bits per heavy atom. The minimum Gasteiger partial charge on any atom is -0.369 e. The van der Waals surface area contributed by atoms with E-state index in [0.717, 1.165) is 24.8 Å². The molecular formula is C23H23F6N5. The fourth-order valence-corrected chi connectivity index (χ4v) is 4.29. The maximum atomic E-state index is 13.6. The molecule has 1 saturated heterocycles. The Labute approximate surface area is 192 Å². The van der Waals surface area contributed by atoms with Gasteiger partial charge in [0.2, 0.25) is 0 Å². The maximum absolute atomic E-state index is 13.6. The first kappa shape index (κ1) is 24.1. The van der Waals surface area contributed by atoms with Gasteiger partial charge in [-0.05, 0) is 49.2 Å². The minimum atomic E-state index is -4.70. The topological polar surface area (TPSA) is 53.1 Å². The predicted molar refractivity (Wildman–Crippen MR) is 118 cm³/mol.